The molecule has 0 bridgehead atoms. The highest BCUT2D eigenvalue weighted by atomic mass is 16.6. The van der Waals surface area contributed by atoms with Gasteiger partial charge in [-0.15, -0.1) is 0 Å². The molecule has 1 aliphatic carbocycles. The average Bonchev–Trinajstić information content (AvgIpc) is 2.54. The largest absolute Gasteiger partial charge is 0.485 e. The van der Waals surface area contributed by atoms with Crippen LogP contribution < -0.4 is 15.2 Å². The lowest BCUT2D eigenvalue weighted by Crippen LogP contribution is -2.25. The first kappa shape index (κ1) is 12.4. The van der Waals surface area contributed by atoms with Crippen molar-refractivity contribution in [1.82, 2.24) is 9.97 Å². The Labute approximate surface area is 123 Å². The molecular weight excluding hydrogens is 266 g/mol. The number of nitrogens with zero attached hydrogens (tertiary/aromatic N) is 2. The summed E-state index contributed by atoms with van der Waals surface area (Å²) in [6, 6.07) is 7.64. The number of anilines is 1. The molecular formula is C16H17N3O2. The molecule has 2 aliphatic rings. The van der Waals surface area contributed by atoms with E-state index >= 15 is 0 Å². The Morgan fingerprint density at radius 2 is 1.86 bits per heavy atom. The predicted molar refractivity (Wildman–Crippen MR) is 78.4 cm³/mol. The number of nitrogen functional groups attached to an aromatic ring is 1. The van der Waals surface area contributed by atoms with E-state index in [1.54, 1.807) is 0 Å². The first-order valence-corrected chi connectivity index (χ1v) is 7.35. The Balaban J connectivity index is 1.67. The van der Waals surface area contributed by atoms with Gasteiger partial charge in [-0.05, 0) is 37.8 Å². The number of hydrogen-bond donors (Lipinski definition) is 1. The van der Waals surface area contributed by atoms with Crippen LogP contribution in [0.3, 0.4) is 0 Å². The number of hydrogen-bond acceptors (Lipinski definition) is 5. The highest BCUT2D eigenvalue weighted by molar-refractivity contribution is 5.45. The van der Waals surface area contributed by atoms with Crippen LogP contribution in [0.2, 0.25) is 0 Å². The number of para-hydroxylation sites is 2. The summed E-state index contributed by atoms with van der Waals surface area (Å²) in [4.78, 5) is 9.12. The van der Waals surface area contributed by atoms with Crippen molar-refractivity contribution in [3.8, 4) is 11.5 Å². The van der Waals surface area contributed by atoms with Gasteiger partial charge in [0.1, 0.15) is 12.4 Å². The number of fused-ring (bicyclic) bond motifs is 2. The minimum atomic E-state index is -0.297. The molecule has 4 rings (SSSR count). The molecule has 1 aromatic heterocycles. The normalized spacial score (nSPS) is 19.9. The first-order chi connectivity index (χ1) is 10.3. The zero-order valence-corrected chi connectivity index (χ0v) is 11.7. The molecule has 2 N–H and O–H groups in total. The molecule has 0 spiro atoms. The fourth-order valence-corrected chi connectivity index (χ4v) is 2.93. The molecule has 1 unspecified atom stereocenters. The van der Waals surface area contributed by atoms with Crippen LogP contribution in [0.5, 0.6) is 11.5 Å². The molecule has 0 saturated heterocycles. The Hall–Kier alpha value is -2.30. The molecule has 0 radical (unpaired) electrons. The fraction of sp³-hybridized carbons (Fsp3) is 0.375. The molecule has 21 heavy (non-hydrogen) atoms. The van der Waals surface area contributed by atoms with E-state index in [4.69, 9.17) is 15.2 Å². The Morgan fingerprint density at radius 3 is 2.76 bits per heavy atom. The molecule has 1 aliphatic heterocycles. The van der Waals surface area contributed by atoms with Crippen molar-refractivity contribution in [2.24, 2.45) is 0 Å². The van der Waals surface area contributed by atoms with E-state index in [0.717, 1.165) is 48.4 Å². The Kier molecular flexibility index (Phi) is 2.91. The van der Waals surface area contributed by atoms with E-state index in [2.05, 4.69) is 9.97 Å². The fourth-order valence-electron chi connectivity index (χ4n) is 2.93. The molecule has 0 amide bonds. The summed E-state index contributed by atoms with van der Waals surface area (Å²) < 4.78 is 11.7. The van der Waals surface area contributed by atoms with E-state index in [1.807, 2.05) is 24.3 Å². The van der Waals surface area contributed by atoms with Gasteiger partial charge < -0.3 is 15.2 Å². The number of aromatic nitrogens is 2. The minimum absolute atomic E-state index is 0.297. The van der Waals surface area contributed by atoms with Gasteiger partial charge in [0.15, 0.2) is 23.4 Å². The molecule has 1 aromatic carbocycles. The second-order valence-corrected chi connectivity index (χ2v) is 5.46. The number of rotatable bonds is 1. The summed E-state index contributed by atoms with van der Waals surface area (Å²) in [6.07, 6.45) is 3.98. The van der Waals surface area contributed by atoms with Crippen LogP contribution in [-0.4, -0.2) is 16.6 Å². The topological polar surface area (TPSA) is 70.3 Å². The van der Waals surface area contributed by atoms with Gasteiger partial charge in [0.2, 0.25) is 0 Å². The Bertz CT molecular complexity index is 687. The van der Waals surface area contributed by atoms with Crippen molar-refractivity contribution in [2.75, 3.05) is 12.3 Å². The van der Waals surface area contributed by atoms with Crippen molar-refractivity contribution in [2.45, 2.75) is 31.8 Å². The van der Waals surface area contributed by atoms with Crippen molar-refractivity contribution in [3.05, 3.63) is 41.3 Å². The zero-order chi connectivity index (χ0) is 14.2. The second kappa shape index (κ2) is 4.91. The summed E-state index contributed by atoms with van der Waals surface area (Å²) in [5.74, 6) is 2.72. The van der Waals surface area contributed by atoms with Gasteiger partial charge in [-0.3, -0.25) is 0 Å². The molecule has 2 aromatic rings. The van der Waals surface area contributed by atoms with Gasteiger partial charge in [0, 0.05) is 11.3 Å². The lowest BCUT2D eigenvalue weighted by Gasteiger charge is -2.26. The highest BCUT2D eigenvalue weighted by Gasteiger charge is 2.27. The SMILES string of the molecule is Nc1nc(C2COc3ccccc3O2)nc2c1CCCC2. The van der Waals surface area contributed by atoms with E-state index < -0.39 is 0 Å². The maximum atomic E-state index is 6.10. The number of benzene rings is 1. The van der Waals surface area contributed by atoms with Crippen molar-refractivity contribution in [1.29, 1.82) is 0 Å². The van der Waals surface area contributed by atoms with E-state index in [9.17, 15) is 0 Å². The van der Waals surface area contributed by atoms with Gasteiger partial charge in [0.05, 0.1) is 0 Å². The van der Waals surface area contributed by atoms with Crippen LogP contribution >= 0.6 is 0 Å². The predicted octanol–water partition coefficient (Wildman–Crippen LogP) is 2.45. The highest BCUT2D eigenvalue weighted by Crippen LogP contribution is 2.35. The molecule has 5 nitrogen and oxygen atoms in total. The molecule has 2 heterocycles. The van der Waals surface area contributed by atoms with E-state index in [-0.39, 0.29) is 6.10 Å². The third-order valence-corrected chi connectivity index (χ3v) is 4.03. The van der Waals surface area contributed by atoms with Crippen LogP contribution in [0.4, 0.5) is 5.82 Å². The maximum Gasteiger partial charge on any atom is 0.192 e. The number of ether oxygens (including phenoxy) is 2. The number of aryl methyl sites for hydroxylation is 1. The van der Waals surface area contributed by atoms with Gasteiger partial charge in [-0.25, -0.2) is 9.97 Å². The third kappa shape index (κ3) is 2.18. The third-order valence-electron chi connectivity index (χ3n) is 4.03. The van der Waals surface area contributed by atoms with Crippen molar-refractivity contribution < 1.29 is 9.47 Å². The molecule has 0 saturated carbocycles. The molecule has 0 fully saturated rings. The van der Waals surface area contributed by atoms with Crippen LogP contribution in [-0.2, 0) is 12.8 Å². The van der Waals surface area contributed by atoms with E-state index in [0.29, 0.717) is 18.2 Å². The second-order valence-electron chi connectivity index (χ2n) is 5.46. The van der Waals surface area contributed by atoms with Gasteiger partial charge in [0.25, 0.3) is 0 Å². The summed E-state index contributed by atoms with van der Waals surface area (Å²) in [6.45, 7) is 0.412. The standard InChI is InChI=1S/C16H17N3O2/c17-15-10-5-1-2-6-11(10)18-16(19-15)14-9-20-12-7-3-4-8-13(12)21-14/h3-4,7-8,14H,1-2,5-6,9H2,(H2,17,18,19). The van der Waals surface area contributed by atoms with Gasteiger partial charge in [-0.1, -0.05) is 12.1 Å². The molecule has 108 valence electrons. The van der Waals surface area contributed by atoms with Crippen LogP contribution in [0.15, 0.2) is 24.3 Å². The quantitative estimate of drug-likeness (QED) is 0.870. The summed E-state index contributed by atoms with van der Waals surface area (Å²) >= 11 is 0. The monoisotopic (exact) mass is 283 g/mol. The van der Waals surface area contributed by atoms with Gasteiger partial charge in [-0.2, -0.15) is 0 Å². The molecule has 1 atom stereocenters. The summed E-state index contributed by atoms with van der Waals surface area (Å²) in [7, 11) is 0. The van der Waals surface area contributed by atoms with Crippen LogP contribution in [0.25, 0.3) is 0 Å². The Morgan fingerprint density at radius 1 is 1.05 bits per heavy atom. The first-order valence-electron chi connectivity index (χ1n) is 7.35. The average molecular weight is 283 g/mol. The minimum Gasteiger partial charge on any atom is -0.485 e. The smallest absolute Gasteiger partial charge is 0.192 e. The van der Waals surface area contributed by atoms with Crippen LogP contribution in [0, 0.1) is 0 Å². The summed E-state index contributed by atoms with van der Waals surface area (Å²) in [5, 5.41) is 0. The zero-order valence-electron chi connectivity index (χ0n) is 11.7. The van der Waals surface area contributed by atoms with Gasteiger partial charge >= 0.3 is 0 Å². The van der Waals surface area contributed by atoms with Crippen molar-refractivity contribution >= 4 is 5.82 Å². The van der Waals surface area contributed by atoms with Crippen LogP contribution in [0.1, 0.15) is 36.0 Å². The molecule has 5 heteroatoms. The van der Waals surface area contributed by atoms with Crippen molar-refractivity contribution in [3.63, 3.8) is 0 Å². The lowest BCUT2D eigenvalue weighted by molar-refractivity contribution is 0.0849. The number of nitrogens with two attached hydrogens (primary N) is 1. The summed E-state index contributed by atoms with van der Waals surface area (Å²) in [5.41, 5.74) is 8.28. The lowest BCUT2D eigenvalue weighted by atomic mass is 9.96. The maximum absolute atomic E-state index is 6.10. The van der Waals surface area contributed by atoms with E-state index in [1.165, 1.54) is 0 Å².